The lowest BCUT2D eigenvalue weighted by Gasteiger charge is -2.10. The zero-order valence-electron chi connectivity index (χ0n) is 18.3. The highest BCUT2D eigenvalue weighted by molar-refractivity contribution is 5.95. The molecular formula is C28H37N. The van der Waals surface area contributed by atoms with Gasteiger partial charge in [0.15, 0.2) is 0 Å². The van der Waals surface area contributed by atoms with Crippen molar-refractivity contribution in [3.63, 3.8) is 0 Å². The van der Waals surface area contributed by atoms with Gasteiger partial charge in [-0.25, -0.2) is 0 Å². The van der Waals surface area contributed by atoms with E-state index < -0.39 is 0 Å². The Balaban J connectivity index is 1.37. The number of anilines is 2. The van der Waals surface area contributed by atoms with Crippen LogP contribution in [0.1, 0.15) is 70.8 Å². The smallest absolute Gasteiger partial charge is 0.0463 e. The van der Waals surface area contributed by atoms with Gasteiger partial charge in [0.1, 0.15) is 0 Å². The second-order valence-corrected chi connectivity index (χ2v) is 8.76. The quantitative estimate of drug-likeness (QED) is 0.306. The number of fused-ring (bicyclic) bond motifs is 1. The first kappa shape index (κ1) is 21.4. The second kappa shape index (κ2) is 11.7. The number of hydrogen-bond donors (Lipinski definition) is 1. The van der Waals surface area contributed by atoms with Gasteiger partial charge in [-0.3, -0.25) is 0 Å². The predicted octanol–water partition coefficient (Wildman–Crippen LogP) is 8.90. The molecule has 0 radical (unpaired) electrons. The van der Waals surface area contributed by atoms with Gasteiger partial charge in [0, 0.05) is 16.8 Å². The first-order valence-corrected chi connectivity index (χ1v) is 11.6. The van der Waals surface area contributed by atoms with E-state index in [9.17, 15) is 0 Å². The lowest BCUT2D eigenvalue weighted by molar-refractivity contribution is 0.509. The molecule has 3 rings (SSSR count). The fourth-order valence-corrected chi connectivity index (χ4v) is 4.01. The molecule has 0 aliphatic rings. The van der Waals surface area contributed by atoms with E-state index in [0.29, 0.717) is 0 Å². The van der Waals surface area contributed by atoms with Gasteiger partial charge in [0.05, 0.1) is 0 Å². The Morgan fingerprint density at radius 1 is 0.655 bits per heavy atom. The molecule has 0 saturated carbocycles. The molecule has 29 heavy (non-hydrogen) atoms. The summed E-state index contributed by atoms with van der Waals surface area (Å²) in [5.74, 6) is 0.864. The van der Waals surface area contributed by atoms with Crippen molar-refractivity contribution in [2.75, 3.05) is 5.32 Å². The number of unbranched alkanes of at least 4 members (excludes halogenated alkanes) is 6. The number of hydrogen-bond acceptors (Lipinski definition) is 1. The summed E-state index contributed by atoms with van der Waals surface area (Å²) in [4.78, 5) is 0. The number of nitrogens with one attached hydrogen (secondary N) is 1. The highest BCUT2D eigenvalue weighted by Gasteiger charge is 2.01. The summed E-state index contributed by atoms with van der Waals surface area (Å²) < 4.78 is 0. The Labute approximate surface area is 177 Å². The van der Waals surface area contributed by atoms with Crippen molar-refractivity contribution in [1.29, 1.82) is 0 Å². The Morgan fingerprint density at radius 2 is 1.31 bits per heavy atom. The SMILES string of the molecule is CC(C)CCCCCCCCCc1ccc(Nc2cccc3ccccc23)cc1. The van der Waals surface area contributed by atoms with Crippen LogP contribution in [0.2, 0.25) is 0 Å². The molecular weight excluding hydrogens is 350 g/mol. The van der Waals surface area contributed by atoms with E-state index in [4.69, 9.17) is 0 Å². The van der Waals surface area contributed by atoms with Crippen molar-refractivity contribution in [1.82, 2.24) is 0 Å². The first-order chi connectivity index (χ1) is 14.2. The van der Waals surface area contributed by atoms with Crippen molar-refractivity contribution in [3.8, 4) is 0 Å². The van der Waals surface area contributed by atoms with Crippen LogP contribution in [0.3, 0.4) is 0 Å². The van der Waals surface area contributed by atoms with Crippen molar-refractivity contribution in [2.45, 2.75) is 71.6 Å². The molecule has 1 N–H and O–H groups in total. The molecule has 0 atom stereocenters. The Bertz CT molecular complexity index is 842. The van der Waals surface area contributed by atoms with E-state index in [1.54, 1.807) is 0 Å². The maximum atomic E-state index is 3.58. The maximum absolute atomic E-state index is 3.58. The second-order valence-electron chi connectivity index (χ2n) is 8.76. The molecule has 0 saturated heterocycles. The number of aryl methyl sites for hydroxylation is 1. The minimum absolute atomic E-state index is 0.864. The molecule has 0 bridgehead atoms. The summed E-state index contributed by atoms with van der Waals surface area (Å²) in [5.41, 5.74) is 3.78. The van der Waals surface area contributed by atoms with Gasteiger partial charge in [0.25, 0.3) is 0 Å². The lowest BCUT2D eigenvalue weighted by atomic mass is 10.0. The van der Waals surface area contributed by atoms with Crippen LogP contribution >= 0.6 is 0 Å². The molecule has 0 unspecified atom stereocenters. The van der Waals surface area contributed by atoms with Crippen molar-refractivity contribution < 1.29 is 0 Å². The summed E-state index contributed by atoms with van der Waals surface area (Å²) in [5, 5.41) is 6.12. The van der Waals surface area contributed by atoms with Crippen LogP contribution in [0.25, 0.3) is 10.8 Å². The molecule has 0 amide bonds. The van der Waals surface area contributed by atoms with E-state index in [2.05, 4.69) is 85.9 Å². The Hall–Kier alpha value is -2.28. The highest BCUT2D eigenvalue weighted by atomic mass is 14.9. The lowest BCUT2D eigenvalue weighted by Crippen LogP contribution is -1.92. The van der Waals surface area contributed by atoms with Gasteiger partial charge < -0.3 is 5.32 Å². The van der Waals surface area contributed by atoms with Crippen LogP contribution in [0, 0.1) is 5.92 Å². The number of benzene rings is 3. The monoisotopic (exact) mass is 387 g/mol. The summed E-state index contributed by atoms with van der Waals surface area (Å²) in [6.07, 6.45) is 12.3. The molecule has 0 aromatic heterocycles. The Kier molecular flexibility index (Phi) is 8.61. The average molecular weight is 388 g/mol. The third-order valence-corrected chi connectivity index (χ3v) is 5.77. The minimum Gasteiger partial charge on any atom is -0.355 e. The molecule has 0 aliphatic heterocycles. The van der Waals surface area contributed by atoms with Crippen LogP contribution in [0.4, 0.5) is 11.4 Å². The normalized spacial score (nSPS) is 11.3. The van der Waals surface area contributed by atoms with Gasteiger partial charge in [-0.15, -0.1) is 0 Å². The summed E-state index contributed by atoms with van der Waals surface area (Å²) in [6.45, 7) is 4.65. The average Bonchev–Trinajstić information content (AvgIpc) is 2.74. The predicted molar refractivity (Wildman–Crippen MR) is 129 cm³/mol. The molecule has 1 nitrogen and oxygen atoms in total. The molecule has 1 heteroatoms. The zero-order chi connectivity index (χ0) is 20.3. The van der Waals surface area contributed by atoms with Crippen LogP contribution < -0.4 is 5.32 Å². The van der Waals surface area contributed by atoms with E-state index >= 15 is 0 Å². The van der Waals surface area contributed by atoms with Gasteiger partial charge in [0.2, 0.25) is 0 Å². The highest BCUT2D eigenvalue weighted by Crippen LogP contribution is 2.26. The maximum Gasteiger partial charge on any atom is 0.0463 e. The first-order valence-electron chi connectivity index (χ1n) is 11.6. The molecule has 3 aromatic rings. The van der Waals surface area contributed by atoms with Crippen molar-refractivity contribution in [3.05, 3.63) is 72.3 Å². The van der Waals surface area contributed by atoms with Gasteiger partial charge in [-0.1, -0.05) is 107 Å². The molecule has 154 valence electrons. The van der Waals surface area contributed by atoms with Crippen molar-refractivity contribution in [2.24, 2.45) is 5.92 Å². The van der Waals surface area contributed by atoms with E-state index in [1.807, 2.05) is 0 Å². The third kappa shape index (κ3) is 7.24. The molecule has 3 aromatic carbocycles. The minimum atomic E-state index is 0.864. The van der Waals surface area contributed by atoms with Gasteiger partial charge >= 0.3 is 0 Å². The fraction of sp³-hybridized carbons (Fsp3) is 0.429. The standard InChI is InChI=1S/C28H37N/c1-23(2)13-8-6-4-3-5-7-9-14-24-19-21-26(22-20-24)29-28-18-12-16-25-15-10-11-17-27(25)28/h10-12,15-23,29H,3-9,13-14H2,1-2H3. The van der Waals surface area contributed by atoms with E-state index in [0.717, 1.165) is 11.6 Å². The van der Waals surface area contributed by atoms with Gasteiger partial charge in [-0.05, 0) is 47.9 Å². The fourth-order valence-electron chi connectivity index (χ4n) is 4.01. The Morgan fingerprint density at radius 3 is 2.07 bits per heavy atom. The molecule has 0 heterocycles. The van der Waals surface area contributed by atoms with E-state index in [-0.39, 0.29) is 0 Å². The molecule has 0 spiro atoms. The zero-order valence-corrected chi connectivity index (χ0v) is 18.3. The third-order valence-electron chi connectivity index (χ3n) is 5.77. The van der Waals surface area contributed by atoms with Crippen LogP contribution in [0.15, 0.2) is 66.7 Å². The van der Waals surface area contributed by atoms with Crippen molar-refractivity contribution >= 4 is 22.1 Å². The summed E-state index contributed by atoms with van der Waals surface area (Å²) >= 11 is 0. The van der Waals surface area contributed by atoms with E-state index in [1.165, 1.54) is 79.8 Å². The van der Waals surface area contributed by atoms with Crippen LogP contribution in [-0.4, -0.2) is 0 Å². The molecule has 0 fully saturated rings. The van der Waals surface area contributed by atoms with Gasteiger partial charge in [-0.2, -0.15) is 0 Å². The van der Waals surface area contributed by atoms with Crippen LogP contribution in [-0.2, 0) is 6.42 Å². The van der Waals surface area contributed by atoms with Crippen LogP contribution in [0.5, 0.6) is 0 Å². The largest absolute Gasteiger partial charge is 0.355 e. The summed E-state index contributed by atoms with van der Waals surface area (Å²) in [7, 11) is 0. The topological polar surface area (TPSA) is 12.0 Å². The molecule has 0 aliphatic carbocycles. The number of rotatable bonds is 12. The summed E-state index contributed by atoms with van der Waals surface area (Å²) in [6, 6.07) is 23.9.